The third kappa shape index (κ3) is 2.76. The number of carbonyl (C=O) groups is 1. The minimum atomic E-state index is -2.81. The van der Waals surface area contributed by atoms with Crippen molar-refractivity contribution < 1.29 is 18.7 Å². The Labute approximate surface area is 98.4 Å². The molecular weight excluding hydrogens is 284 g/mol. The molecule has 0 saturated carbocycles. The molecule has 84 valence electrons. The van der Waals surface area contributed by atoms with Crippen LogP contribution in [0, 0.1) is 11.3 Å². The minimum Gasteiger partial charge on any atom is -0.481 e. The highest BCUT2D eigenvalue weighted by atomic mass is 79.9. The molecule has 0 atom stereocenters. The number of hydrogen-bond acceptors (Lipinski definition) is 2. The number of benzene rings is 1. The molecule has 0 saturated heterocycles. The average molecular weight is 290 g/mol. The van der Waals surface area contributed by atoms with Crippen LogP contribution in [0.15, 0.2) is 16.6 Å². The Morgan fingerprint density at radius 3 is 2.62 bits per heavy atom. The molecule has 0 bridgehead atoms. The van der Waals surface area contributed by atoms with Gasteiger partial charge in [-0.25, -0.2) is 8.78 Å². The van der Waals surface area contributed by atoms with Gasteiger partial charge in [0.05, 0.1) is 18.1 Å². The molecule has 1 N–H and O–H groups in total. The van der Waals surface area contributed by atoms with E-state index in [0.29, 0.717) is 4.47 Å². The lowest BCUT2D eigenvalue weighted by molar-refractivity contribution is -0.136. The molecule has 0 unspecified atom stereocenters. The molecule has 1 aromatic rings. The summed E-state index contributed by atoms with van der Waals surface area (Å²) >= 11 is 2.99. The zero-order valence-electron chi connectivity index (χ0n) is 7.88. The van der Waals surface area contributed by atoms with Gasteiger partial charge in [0.15, 0.2) is 0 Å². The normalized spacial score (nSPS) is 10.2. The van der Waals surface area contributed by atoms with Gasteiger partial charge in [-0.05, 0) is 17.7 Å². The number of carboxylic acids is 1. The Hall–Kier alpha value is -1.48. The van der Waals surface area contributed by atoms with Crippen molar-refractivity contribution in [3.63, 3.8) is 0 Å². The number of hydrogen-bond donors (Lipinski definition) is 1. The standard InChI is InChI=1S/C10H6BrF2NO2/c11-6-1-5(4-14)7(3-9(15)16)8(2-6)10(12)13/h1-2,10H,3H2,(H,15,16). The second-order valence-corrected chi connectivity index (χ2v) is 3.92. The van der Waals surface area contributed by atoms with Gasteiger partial charge in [0.2, 0.25) is 0 Å². The summed E-state index contributed by atoms with van der Waals surface area (Å²) in [5.74, 6) is -1.25. The van der Waals surface area contributed by atoms with E-state index in [-0.39, 0.29) is 11.1 Å². The highest BCUT2D eigenvalue weighted by Crippen LogP contribution is 2.29. The molecule has 16 heavy (non-hydrogen) atoms. The maximum Gasteiger partial charge on any atom is 0.307 e. The predicted octanol–water partition coefficient (Wildman–Crippen LogP) is 2.89. The predicted molar refractivity (Wildman–Crippen MR) is 55.2 cm³/mol. The van der Waals surface area contributed by atoms with Crippen LogP contribution in [0.2, 0.25) is 0 Å². The summed E-state index contributed by atoms with van der Waals surface area (Å²) in [7, 11) is 0. The smallest absolute Gasteiger partial charge is 0.307 e. The lowest BCUT2D eigenvalue weighted by atomic mass is 9.99. The van der Waals surface area contributed by atoms with Gasteiger partial charge in [0, 0.05) is 10.0 Å². The molecule has 0 radical (unpaired) electrons. The molecule has 0 spiro atoms. The van der Waals surface area contributed by atoms with Crippen molar-refractivity contribution in [1.29, 1.82) is 5.26 Å². The topological polar surface area (TPSA) is 61.1 Å². The van der Waals surface area contributed by atoms with Crippen LogP contribution in [-0.4, -0.2) is 11.1 Å². The van der Waals surface area contributed by atoms with Crippen molar-refractivity contribution in [3.8, 4) is 6.07 Å². The molecule has 0 aliphatic heterocycles. The van der Waals surface area contributed by atoms with Gasteiger partial charge in [0.1, 0.15) is 0 Å². The number of alkyl halides is 2. The van der Waals surface area contributed by atoms with Gasteiger partial charge in [-0.1, -0.05) is 15.9 Å². The Bertz CT molecular complexity index is 469. The van der Waals surface area contributed by atoms with E-state index >= 15 is 0 Å². The van der Waals surface area contributed by atoms with Crippen molar-refractivity contribution in [2.45, 2.75) is 12.8 Å². The molecule has 3 nitrogen and oxygen atoms in total. The van der Waals surface area contributed by atoms with Crippen molar-refractivity contribution >= 4 is 21.9 Å². The summed E-state index contributed by atoms with van der Waals surface area (Å²) in [5, 5.41) is 17.3. The Balaban J connectivity index is 3.40. The summed E-state index contributed by atoms with van der Waals surface area (Å²) in [6.07, 6.45) is -3.39. The molecule has 0 aliphatic rings. The fourth-order valence-corrected chi connectivity index (χ4v) is 1.78. The average Bonchev–Trinajstić information content (AvgIpc) is 2.19. The quantitative estimate of drug-likeness (QED) is 0.931. The maximum absolute atomic E-state index is 12.7. The van der Waals surface area contributed by atoms with Gasteiger partial charge in [-0.3, -0.25) is 4.79 Å². The second kappa shape index (κ2) is 5.03. The van der Waals surface area contributed by atoms with Crippen LogP contribution in [0.1, 0.15) is 23.1 Å². The Morgan fingerprint density at radius 1 is 1.56 bits per heavy atom. The number of nitrogens with zero attached hydrogens (tertiary/aromatic N) is 1. The van der Waals surface area contributed by atoms with Gasteiger partial charge < -0.3 is 5.11 Å². The third-order valence-corrected chi connectivity index (χ3v) is 2.39. The van der Waals surface area contributed by atoms with Gasteiger partial charge in [-0.2, -0.15) is 5.26 Å². The molecule has 1 aromatic carbocycles. The number of halogens is 3. The van der Waals surface area contributed by atoms with Crippen LogP contribution in [0.5, 0.6) is 0 Å². The van der Waals surface area contributed by atoms with E-state index < -0.39 is 24.4 Å². The van der Waals surface area contributed by atoms with Crippen LogP contribution in [-0.2, 0) is 11.2 Å². The summed E-state index contributed by atoms with van der Waals surface area (Å²) in [4.78, 5) is 10.5. The third-order valence-electron chi connectivity index (χ3n) is 1.93. The SMILES string of the molecule is N#Cc1cc(Br)cc(C(F)F)c1CC(=O)O. The molecule has 0 amide bonds. The van der Waals surface area contributed by atoms with Crippen molar-refractivity contribution in [2.75, 3.05) is 0 Å². The lowest BCUT2D eigenvalue weighted by Crippen LogP contribution is -2.06. The minimum absolute atomic E-state index is 0.0490. The Morgan fingerprint density at radius 2 is 2.19 bits per heavy atom. The summed E-state index contributed by atoms with van der Waals surface area (Å²) < 4.78 is 25.6. The van der Waals surface area contributed by atoms with Crippen LogP contribution < -0.4 is 0 Å². The van der Waals surface area contributed by atoms with Crippen LogP contribution in [0.3, 0.4) is 0 Å². The van der Waals surface area contributed by atoms with E-state index in [2.05, 4.69) is 15.9 Å². The van der Waals surface area contributed by atoms with Crippen molar-refractivity contribution in [3.05, 3.63) is 33.3 Å². The van der Waals surface area contributed by atoms with Crippen molar-refractivity contribution in [2.24, 2.45) is 0 Å². The van der Waals surface area contributed by atoms with Crippen LogP contribution in [0.4, 0.5) is 8.78 Å². The van der Waals surface area contributed by atoms with E-state index in [4.69, 9.17) is 10.4 Å². The first-order valence-corrected chi connectivity index (χ1v) is 4.97. The first-order valence-electron chi connectivity index (χ1n) is 4.18. The van der Waals surface area contributed by atoms with Crippen LogP contribution in [0.25, 0.3) is 0 Å². The van der Waals surface area contributed by atoms with Gasteiger partial charge in [-0.15, -0.1) is 0 Å². The van der Waals surface area contributed by atoms with Gasteiger partial charge >= 0.3 is 5.97 Å². The highest BCUT2D eigenvalue weighted by molar-refractivity contribution is 9.10. The van der Waals surface area contributed by atoms with Crippen molar-refractivity contribution in [1.82, 2.24) is 0 Å². The number of nitriles is 1. The first-order chi connectivity index (χ1) is 7.45. The second-order valence-electron chi connectivity index (χ2n) is 3.00. The monoisotopic (exact) mass is 289 g/mol. The molecule has 0 aliphatic carbocycles. The molecule has 0 heterocycles. The fraction of sp³-hybridized carbons (Fsp3) is 0.200. The molecule has 0 fully saturated rings. The maximum atomic E-state index is 12.7. The van der Waals surface area contributed by atoms with E-state index in [1.807, 2.05) is 0 Å². The van der Waals surface area contributed by atoms with E-state index in [1.165, 1.54) is 6.07 Å². The Kier molecular flexibility index (Phi) is 3.96. The first kappa shape index (κ1) is 12.6. The number of carboxylic acid groups (broad SMARTS) is 1. The lowest BCUT2D eigenvalue weighted by Gasteiger charge is -2.09. The van der Waals surface area contributed by atoms with E-state index in [0.717, 1.165) is 6.07 Å². The van der Waals surface area contributed by atoms with E-state index in [1.54, 1.807) is 6.07 Å². The zero-order valence-corrected chi connectivity index (χ0v) is 9.46. The summed E-state index contributed by atoms with van der Waals surface area (Å²) in [6.45, 7) is 0. The summed E-state index contributed by atoms with van der Waals surface area (Å²) in [5.41, 5.74) is -0.603. The highest BCUT2D eigenvalue weighted by Gasteiger charge is 2.19. The molecule has 1 rings (SSSR count). The van der Waals surface area contributed by atoms with Gasteiger partial charge in [0.25, 0.3) is 6.43 Å². The van der Waals surface area contributed by atoms with E-state index in [9.17, 15) is 13.6 Å². The number of rotatable bonds is 3. The molecule has 0 aromatic heterocycles. The zero-order chi connectivity index (χ0) is 12.3. The molecule has 6 heteroatoms. The molecular formula is C10H6BrF2NO2. The fourth-order valence-electron chi connectivity index (χ4n) is 1.30. The number of aliphatic carboxylic acids is 1. The largest absolute Gasteiger partial charge is 0.481 e. The summed E-state index contributed by atoms with van der Waals surface area (Å²) in [6, 6.07) is 4.16. The van der Waals surface area contributed by atoms with Crippen LogP contribution >= 0.6 is 15.9 Å².